The molecule has 1 aromatic carbocycles. The minimum atomic E-state index is -2.72. The Morgan fingerprint density at radius 1 is 1.16 bits per heavy atom. The van der Waals surface area contributed by atoms with Crippen LogP contribution in [0.25, 0.3) is 0 Å². The molecule has 2 aromatic rings. The standard InChI is InChI=1S/C21H30N2O8/c1-11(2)23-12(3)15(9-13-5-7-14(29-4)8-6-13)20(22-23)31-21(28)19(27)18(26)17(25)16(10-24)30-21/h5-8,11,16-19,24-28H,9-10H2,1-4H3/t16-,17-,18+,19-,21-/m1/s1. The van der Waals surface area contributed by atoms with Gasteiger partial charge in [-0.05, 0) is 38.5 Å². The van der Waals surface area contributed by atoms with Crippen molar-refractivity contribution in [2.24, 2.45) is 0 Å². The monoisotopic (exact) mass is 438 g/mol. The van der Waals surface area contributed by atoms with Gasteiger partial charge in [-0.15, -0.1) is 5.10 Å². The molecule has 1 aromatic heterocycles. The second kappa shape index (κ2) is 9.11. The number of hydrogen-bond acceptors (Lipinski definition) is 9. The van der Waals surface area contributed by atoms with Crippen LogP contribution in [0, 0.1) is 6.92 Å². The molecule has 10 heteroatoms. The van der Waals surface area contributed by atoms with Gasteiger partial charge >= 0.3 is 5.97 Å². The fourth-order valence-electron chi connectivity index (χ4n) is 3.61. The Hall–Kier alpha value is -2.21. The Bertz CT molecular complexity index is 882. The molecule has 1 fully saturated rings. The van der Waals surface area contributed by atoms with Gasteiger partial charge in [-0.1, -0.05) is 12.1 Å². The van der Waals surface area contributed by atoms with Crippen molar-refractivity contribution in [2.45, 2.75) is 63.6 Å². The third kappa shape index (κ3) is 4.54. The van der Waals surface area contributed by atoms with Gasteiger partial charge in [-0.2, -0.15) is 0 Å². The van der Waals surface area contributed by atoms with E-state index in [4.69, 9.17) is 14.2 Å². The highest BCUT2D eigenvalue weighted by atomic mass is 16.8. The van der Waals surface area contributed by atoms with Crippen LogP contribution in [0.5, 0.6) is 11.6 Å². The summed E-state index contributed by atoms with van der Waals surface area (Å²) in [5, 5.41) is 55.0. The van der Waals surface area contributed by atoms with Crippen molar-refractivity contribution in [1.29, 1.82) is 0 Å². The van der Waals surface area contributed by atoms with Crippen LogP contribution < -0.4 is 9.47 Å². The van der Waals surface area contributed by atoms with Gasteiger partial charge in [0.1, 0.15) is 24.1 Å². The van der Waals surface area contributed by atoms with Crippen LogP contribution in [0.15, 0.2) is 24.3 Å². The maximum atomic E-state index is 10.8. The normalized spacial score (nSPS) is 28.7. The van der Waals surface area contributed by atoms with Gasteiger partial charge in [-0.3, -0.25) is 4.68 Å². The summed E-state index contributed by atoms with van der Waals surface area (Å²) in [6.07, 6.45) is -6.35. The Morgan fingerprint density at radius 2 is 1.81 bits per heavy atom. The minimum Gasteiger partial charge on any atom is -0.497 e. The predicted molar refractivity (Wildman–Crippen MR) is 109 cm³/mol. The van der Waals surface area contributed by atoms with Crippen molar-refractivity contribution in [3.05, 3.63) is 41.1 Å². The minimum absolute atomic E-state index is 0.00356. The number of hydrogen-bond donors (Lipinski definition) is 5. The highest BCUT2D eigenvalue weighted by Crippen LogP contribution is 2.34. The van der Waals surface area contributed by atoms with Crippen molar-refractivity contribution in [2.75, 3.05) is 13.7 Å². The van der Waals surface area contributed by atoms with E-state index in [1.54, 1.807) is 11.8 Å². The highest BCUT2D eigenvalue weighted by molar-refractivity contribution is 5.38. The third-order valence-corrected chi connectivity index (χ3v) is 5.44. The average Bonchev–Trinajstić information content (AvgIpc) is 3.05. The first-order valence-electron chi connectivity index (χ1n) is 10.1. The Morgan fingerprint density at radius 3 is 2.35 bits per heavy atom. The lowest BCUT2D eigenvalue weighted by Crippen LogP contribution is -2.67. The van der Waals surface area contributed by atoms with Gasteiger partial charge in [0.15, 0.2) is 6.10 Å². The zero-order valence-corrected chi connectivity index (χ0v) is 18.0. The van der Waals surface area contributed by atoms with Crippen molar-refractivity contribution in [3.63, 3.8) is 0 Å². The number of rotatable bonds is 7. The summed E-state index contributed by atoms with van der Waals surface area (Å²) >= 11 is 0. The highest BCUT2D eigenvalue weighted by Gasteiger charge is 2.55. The predicted octanol–water partition coefficient (Wildman–Crippen LogP) is -0.129. The Kier molecular flexibility index (Phi) is 6.89. The SMILES string of the molecule is COc1ccc(Cc2c(O[C@]3(O)O[C@H](CO)[C@@H](O)[C@H](O)[C@H]3O)nn(C(C)C)c2C)cc1. The summed E-state index contributed by atoms with van der Waals surface area (Å²) < 4.78 is 17.7. The van der Waals surface area contributed by atoms with E-state index in [0.717, 1.165) is 11.3 Å². The zero-order chi connectivity index (χ0) is 22.9. The van der Waals surface area contributed by atoms with E-state index in [-0.39, 0.29) is 11.9 Å². The lowest BCUT2D eigenvalue weighted by molar-refractivity contribution is -0.423. The molecular formula is C21H30N2O8. The third-order valence-electron chi connectivity index (χ3n) is 5.44. The molecule has 0 bridgehead atoms. The van der Waals surface area contributed by atoms with E-state index < -0.39 is 37.0 Å². The first kappa shape index (κ1) is 23.5. The molecular weight excluding hydrogens is 408 g/mol. The molecule has 172 valence electrons. The first-order chi connectivity index (χ1) is 14.6. The number of aliphatic hydroxyl groups is 5. The van der Waals surface area contributed by atoms with Crippen LogP contribution >= 0.6 is 0 Å². The molecule has 1 aliphatic heterocycles. The lowest BCUT2D eigenvalue weighted by atomic mass is 9.98. The van der Waals surface area contributed by atoms with E-state index in [1.165, 1.54) is 0 Å². The maximum absolute atomic E-state index is 10.8. The Balaban J connectivity index is 1.96. The summed E-state index contributed by atoms with van der Waals surface area (Å²) in [6, 6.07) is 7.40. The van der Waals surface area contributed by atoms with Gasteiger partial charge in [0.25, 0.3) is 0 Å². The van der Waals surface area contributed by atoms with Gasteiger partial charge in [0, 0.05) is 23.7 Å². The van der Waals surface area contributed by atoms with E-state index in [1.807, 2.05) is 45.0 Å². The number of aromatic nitrogens is 2. The van der Waals surface area contributed by atoms with Gasteiger partial charge < -0.3 is 39.7 Å². The fourth-order valence-corrected chi connectivity index (χ4v) is 3.61. The molecule has 0 aliphatic carbocycles. The quantitative estimate of drug-likeness (QED) is 0.373. The molecule has 10 nitrogen and oxygen atoms in total. The van der Waals surface area contributed by atoms with Gasteiger partial charge in [-0.25, -0.2) is 0 Å². The fraction of sp³-hybridized carbons (Fsp3) is 0.571. The van der Waals surface area contributed by atoms with Crippen molar-refractivity contribution in [1.82, 2.24) is 9.78 Å². The van der Waals surface area contributed by atoms with Crippen molar-refractivity contribution < 1.29 is 39.7 Å². The molecule has 0 spiro atoms. The summed E-state index contributed by atoms with van der Waals surface area (Å²) in [5.41, 5.74) is 2.36. The molecule has 31 heavy (non-hydrogen) atoms. The summed E-state index contributed by atoms with van der Waals surface area (Å²) in [4.78, 5) is 0. The molecule has 5 atom stereocenters. The molecule has 1 saturated heterocycles. The average molecular weight is 438 g/mol. The van der Waals surface area contributed by atoms with Crippen LogP contribution in [-0.4, -0.2) is 79.4 Å². The van der Waals surface area contributed by atoms with Crippen LogP contribution in [0.2, 0.25) is 0 Å². The number of methoxy groups -OCH3 is 1. The van der Waals surface area contributed by atoms with Crippen molar-refractivity contribution in [3.8, 4) is 11.6 Å². The smallest absolute Gasteiger partial charge is 0.356 e. The van der Waals surface area contributed by atoms with E-state index in [2.05, 4.69) is 5.10 Å². The summed E-state index contributed by atoms with van der Waals surface area (Å²) in [5.74, 6) is -2.00. The number of aliphatic hydroxyl groups excluding tert-OH is 4. The van der Waals surface area contributed by atoms with Crippen LogP contribution in [0.3, 0.4) is 0 Å². The molecule has 5 N–H and O–H groups in total. The Labute approximate surface area is 180 Å². The summed E-state index contributed by atoms with van der Waals surface area (Å²) in [7, 11) is 1.58. The zero-order valence-electron chi connectivity index (χ0n) is 18.0. The molecule has 0 amide bonds. The molecule has 0 saturated carbocycles. The van der Waals surface area contributed by atoms with Gasteiger partial charge in [0.05, 0.1) is 13.7 Å². The second-order valence-electron chi connectivity index (χ2n) is 7.93. The van der Waals surface area contributed by atoms with Crippen LogP contribution in [0.1, 0.15) is 36.7 Å². The maximum Gasteiger partial charge on any atom is 0.356 e. The number of nitrogens with zero attached hydrogens (tertiary/aromatic N) is 2. The first-order valence-corrected chi connectivity index (χ1v) is 10.1. The van der Waals surface area contributed by atoms with Crippen LogP contribution in [0.4, 0.5) is 0 Å². The molecule has 2 heterocycles. The lowest BCUT2D eigenvalue weighted by Gasteiger charge is -2.43. The topological polar surface area (TPSA) is 147 Å². The molecule has 3 rings (SSSR count). The second-order valence-corrected chi connectivity index (χ2v) is 7.93. The van der Waals surface area contributed by atoms with Crippen molar-refractivity contribution >= 4 is 0 Å². The number of ether oxygens (including phenoxy) is 3. The largest absolute Gasteiger partial charge is 0.497 e. The van der Waals surface area contributed by atoms with Crippen LogP contribution in [-0.2, 0) is 11.2 Å². The molecule has 0 unspecified atom stereocenters. The number of benzene rings is 1. The van der Waals surface area contributed by atoms with E-state index >= 15 is 0 Å². The summed E-state index contributed by atoms with van der Waals surface area (Å²) in [6.45, 7) is 5.03. The molecule has 1 aliphatic rings. The van der Waals surface area contributed by atoms with E-state index in [0.29, 0.717) is 17.7 Å². The van der Waals surface area contributed by atoms with Gasteiger partial charge in [0.2, 0.25) is 5.88 Å². The van der Waals surface area contributed by atoms with E-state index in [9.17, 15) is 25.5 Å². The molecule has 0 radical (unpaired) electrons.